The van der Waals surface area contributed by atoms with Crippen molar-refractivity contribution in [1.29, 1.82) is 0 Å². The summed E-state index contributed by atoms with van der Waals surface area (Å²) in [7, 11) is 0. The number of allylic oxidation sites excluding steroid dienone is 1. The molecule has 0 aliphatic carbocycles. The van der Waals surface area contributed by atoms with Gasteiger partial charge in [-0.15, -0.1) is 13.2 Å². The number of likely N-dealkylation sites (tertiary alicyclic amines) is 1. The minimum Gasteiger partial charge on any atom is -0.465 e. The number of esters is 1. The number of fused-ring (bicyclic) bond motifs is 1. The van der Waals surface area contributed by atoms with Gasteiger partial charge in [-0.05, 0) is 62.6 Å². The molecule has 3 aliphatic heterocycles. The third kappa shape index (κ3) is 4.98. The molecule has 8 nitrogen and oxygen atoms in total. The highest BCUT2D eigenvalue weighted by atomic mass is 16.6. The minimum absolute atomic E-state index is 0.212. The maximum atomic E-state index is 15.1. The molecule has 8 heteroatoms. The van der Waals surface area contributed by atoms with Crippen LogP contribution in [0.2, 0.25) is 0 Å². The third-order valence-corrected chi connectivity index (χ3v) is 9.88. The number of aliphatic hydroxyl groups excluding tert-OH is 1. The second-order valence-corrected chi connectivity index (χ2v) is 12.3. The topological polar surface area (TPSA) is 96.4 Å². The Balaban J connectivity index is 1.66. The van der Waals surface area contributed by atoms with E-state index >= 15 is 4.79 Å². The number of anilines is 1. The first-order chi connectivity index (χ1) is 21.2. The van der Waals surface area contributed by atoms with E-state index in [1.54, 1.807) is 17.1 Å². The molecule has 2 unspecified atom stereocenters. The van der Waals surface area contributed by atoms with Crippen LogP contribution in [0.5, 0.6) is 0 Å². The van der Waals surface area contributed by atoms with E-state index in [1.807, 2.05) is 69.3 Å². The molecule has 3 fully saturated rings. The molecule has 5 rings (SSSR count). The van der Waals surface area contributed by atoms with E-state index in [0.717, 1.165) is 16.8 Å². The Morgan fingerprint density at radius 3 is 2.43 bits per heavy atom. The lowest BCUT2D eigenvalue weighted by Gasteiger charge is -2.40. The van der Waals surface area contributed by atoms with Gasteiger partial charge in [0.1, 0.15) is 17.6 Å². The zero-order valence-electron chi connectivity index (χ0n) is 26.0. The van der Waals surface area contributed by atoms with Crippen molar-refractivity contribution in [2.75, 3.05) is 24.7 Å². The summed E-state index contributed by atoms with van der Waals surface area (Å²) in [4.78, 5) is 46.9. The van der Waals surface area contributed by atoms with Crippen LogP contribution in [0, 0.1) is 25.7 Å². The summed E-state index contributed by atoms with van der Waals surface area (Å²) in [5.74, 6) is -2.94. The van der Waals surface area contributed by atoms with E-state index < -0.39 is 47.7 Å². The number of rotatable bonds is 13. The number of carbonyl (C=O) groups is 3. The highest BCUT2D eigenvalue weighted by molar-refractivity contribution is 6.05. The Kier molecular flexibility index (Phi) is 9.14. The van der Waals surface area contributed by atoms with Gasteiger partial charge in [0.15, 0.2) is 0 Å². The summed E-state index contributed by atoms with van der Waals surface area (Å²) in [5, 5.41) is 10.8. The van der Waals surface area contributed by atoms with Crippen molar-refractivity contribution in [3.63, 3.8) is 0 Å². The Labute approximate surface area is 260 Å². The van der Waals surface area contributed by atoms with Crippen molar-refractivity contribution in [2.24, 2.45) is 11.8 Å². The lowest BCUT2D eigenvalue weighted by molar-refractivity contribution is -0.162. The Hall–Kier alpha value is -3.75. The van der Waals surface area contributed by atoms with Crippen LogP contribution in [-0.2, 0) is 23.9 Å². The molecule has 1 N–H and O–H groups in total. The molecular weight excluding hydrogens is 556 g/mol. The normalized spacial score (nSPS) is 27.6. The highest BCUT2D eigenvalue weighted by Gasteiger charge is 2.79. The van der Waals surface area contributed by atoms with Crippen molar-refractivity contribution in [3.05, 3.63) is 90.5 Å². The van der Waals surface area contributed by atoms with Crippen molar-refractivity contribution in [1.82, 2.24) is 4.90 Å². The van der Waals surface area contributed by atoms with Crippen LogP contribution in [0.25, 0.3) is 0 Å². The number of aryl methyl sites for hydroxylation is 2. The van der Waals surface area contributed by atoms with Crippen LogP contribution in [0.1, 0.15) is 61.8 Å². The van der Waals surface area contributed by atoms with E-state index in [0.29, 0.717) is 37.7 Å². The van der Waals surface area contributed by atoms with Gasteiger partial charge in [-0.1, -0.05) is 67.6 Å². The molecule has 234 valence electrons. The molecule has 2 amide bonds. The molecule has 2 bridgehead atoms. The lowest BCUT2D eigenvalue weighted by atomic mass is 9.65. The number of aliphatic hydroxyl groups is 1. The van der Waals surface area contributed by atoms with Gasteiger partial charge in [0, 0.05) is 12.2 Å². The first-order valence-electron chi connectivity index (χ1n) is 15.7. The van der Waals surface area contributed by atoms with E-state index in [4.69, 9.17) is 9.47 Å². The quantitative estimate of drug-likeness (QED) is 0.192. The molecule has 0 radical (unpaired) electrons. The van der Waals surface area contributed by atoms with Crippen molar-refractivity contribution in [2.45, 2.75) is 76.2 Å². The first-order valence-corrected chi connectivity index (χ1v) is 15.7. The Morgan fingerprint density at radius 1 is 1.11 bits per heavy atom. The van der Waals surface area contributed by atoms with Gasteiger partial charge in [0.2, 0.25) is 5.91 Å². The average molecular weight is 601 g/mol. The average Bonchev–Trinajstić information content (AvgIpc) is 3.63. The number of nitrogens with zero attached hydrogens (tertiary/aromatic N) is 2. The second kappa shape index (κ2) is 12.7. The summed E-state index contributed by atoms with van der Waals surface area (Å²) in [6.07, 6.45) is 6.24. The number of unbranched alkanes of at least 4 members (excludes halogenated alkanes) is 1. The van der Waals surface area contributed by atoms with Crippen molar-refractivity contribution in [3.8, 4) is 0 Å². The standard InChI is InChI=1S/C36H44N2O6/c1-6-9-13-22-43-34(42)29-28-32(40)38(27(23-39)26-17-11-10-12-18-26)31(36(28)20-19-35(29,8-3)44-36)33(41)37(21-7-2)30-24(4)15-14-16-25(30)5/h6-7,10-12,14-18,27-29,31,39H,1-2,8-9,13,19-23H2,3-5H3/t27-,28+,29-,31?,35+,36?/m1/s1. The SMILES string of the molecule is C=CCCCOC(=O)[C@H]1[C@H]2C(=O)N([C@H](CO)c3ccccc3)C(C(=O)N(CC=C)c3c(C)cccc3C)C23CC[C@]1(CC)O3. The van der Waals surface area contributed by atoms with E-state index in [-0.39, 0.29) is 25.0 Å². The fraction of sp³-hybridized carbons (Fsp3) is 0.472. The molecule has 2 aromatic carbocycles. The molecule has 3 aliphatic rings. The Bertz CT molecular complexity index is 1400. The fourth-order valence-corrected chi connectivity index (χ4v) is 7.95. The summed E-state index contributed by atoms with van der Waals surface area (Å²) in [5.41, 5.74) is 1.10. The zero-order valence-corrected chi connectivity index (χ0v) is 26.0. The molecule has 1 spiro atoms. The molecule has 44 heavy (non-hydrogen) atoms. The molecule has 6 atom stereocenters. The van der Waals surface area contributed by atoms with Crippen LogP contribution in [0.15, 0.2) is 73.8 Å². The fourth-order valence-electron chi connectivity index (χ4n) is 7.95. The van der Waals surface area contributed by atoms with Gasteiger partial charge >= 0.3 is 5.97 Å². The third-order valence-electron chi connectivity index (χ3n) is 9.88. The summed E-state index contributed by atoms with van der Waals surface area (Å²) < 4.78 is 12.7. The summed E-state index contributed by atoms with van der Waals surface area (Å²) in [6.45, 7) is 13.5. The first kappa shape index (κ1) is 31.7. The summed E-state index contributed by atoms with van der Waals surface area (Å²) in [6, 6.07) is 13.2. The number of para-hydroxylation sites is 1. The van der Waals surface area contributed by atoms with Gasteiger partial charge in [0.05, 0.1) is 30.8 Å². The number of amides is 2. The Morgan fingerprint density at radius 2 is 1.82 bits per heavy atom. The van der Waals surface area contributed by atoms with Gasteiger partial charge in [-0.25, -0.2) is 0 Å². The van der Waals surface area contributed by atoms with Crippen LogP contribution < -0.4 is 4.90 Å². The predicted octanol–water partition coefficient (Wildman–Crippen LogP) is 5.22. The largest absolute Gasteiger partial charge is 0.465 e. The number of hydrogen-bond donors (Lipinski definition) is 1. The zero-order chi connectivity index (χ0) is 31.6. The molecule has 0 saturated carbocycles. The highest BCUT2D eigenvalue weighted by Crippen LogP contribution is 2.65. The van der Waals surface area contributed by atoms with Crippen molar-refractivity contribution < 1.29 is 29.0 Å². The van der Waals surface area contributed by atoms with Crippen molar-refractivity contribution >= 4 is 23.5 Å². The van der Waals surface area contributed by atoms with Crippen LogP contribution in [-0.4, -0.2) is 64.8 Å². The van der Waals surface area contributed by atoms with Crippen LogP contribution in [0.4, 0.5) is 5.69 Å². The number of carbonyl (C=O) groups excluding carboxylic acids is 3. The van der Waals surface area contributed by atoms with E-state index in [9.17, 15) is 14.7 Å². The van der Waals surface area contributed by atoms with Gasteiger partial charge in [-0.3, -0.25) is 14.4 Å². The van der Waals surface area contributed by atoms with Gasteiger partial charge < -0.3 is 24.4 Å². The van der Waals surface area contributed by atoms with Gasteiger partial charge in [0.25, 0.3) is 5.91 Å². The van der Waals surface area contributed by atoms with Crippen LogP contribution in [0.3, 0.4) is 0 Å². The summed E-state index contributed by atoms with van der Waals surface area (Å²) >= 11 is 0. The predicted molar refractivity (Wildman–Crippen MR) is 169 cm³/mol. The molecule has 2 aromatic rings. The molecule has 0 aromatic heterocycles. The molecule has 3 saturated heterocycles. The van der Waals surface area contributed by atoms with Crippen LogP contribution >= 0.6 is 0 Å². The molecular formula is C36H44N2O6. The monoisotopic (exact) mass is 600 g/mol. The van der Waals surface area contributed by atoms with Gasteiger partial charge in [-0.2, -0.15) is 0 Å². The number of benzene rings is 2. The maximum absolute atomic E-state index is 15.1. The smallest absolute Gasteiger partial charge is 0.312 e. The minimum atomic E-state index is -1.26. The van der Waals surface area contributed by atoms with E-state index in [1.165, 1.54) is 4.90 Å². The second-order valence-electron chi connectivity index (χ2n) is 12.3. The lowest BCUT2D eigenvalue weighted by Crippen LogP contribution is -2.57. The molecule has 3 heterocycles. The number of ether oxygens (including phenoxy) is 2. The number of hydrogen-bond acceptors (Lipinski definition) is 6. The van der Waals surface area contributed by atoms with E-state index in [2.05, 4.69) is 13.2 Å². The maximum Gasteiger partial charge on any atom is 0.312 e.